The van der Waals surface area contributed by atoms with Gasteiger partial charge in [-0.1, -0.05) is 49.7 Å². The lowest BCUT2D eigenvalue weighted by Crippen LogP contribution is -2.04. The normalized spacial score (nSPS) is 11.0. The Bertz CT molecular complexity index is 1160. The van der Waals surface area contributed by atoms with E-state index in [2.05, 4.69) is 32.6 Å². The van der Waals surface area contributed by atoms with Crippen LogP contribution in [0.15, 0.2) is 48.5 Å². The molecule has 0 saturated carbocycles. The summed E-state index contributed by atoms with van der Waals surface area (Å²) < 4.78 is 1.75. The summed E-state index contributed by atoms with van der Waals surface area (Å²) in [7, 11) is 0. The van der Waals surface area contributed by atoms with Crippen LogP contribution < -0.4 is 0 Å². The summed E-state index contributed by atoms with van der Waals surface area (Å²) in [6.45, 7) is 3.94. The zero-order valence-electron chi connectivity index (χ0n) is 16.8. The molecule has 0 unspecified atom stereocenters. The van der Waals surface area contributed by atoms with Crippen molar-refractivity contribution in [3.63, 3.8) is 0 Å². The Kier molecular flexibility index (Phi) is 5.38. The van der Waals surface area contributed by atoms with Crippen LogP contribution in [0.4, 0.5) is 0 Å². The summed E-state index contributed by atoms with van der Waals surface area (Å²) in [6, 6.07) is 15.8. The van der Waals surface area contributed by atoms with Crippen LogP contribution in [0.2, 0.25) is 0 Å². The molecule has 2 heterocycles. The maximum atomic E-state index is 11.6. The fraction of sp³-hybridized carbons (Fsp3) is 0.227. The number of nitrogens with zero attached hydrogens (tertiary/aromatic N) is 5. The number of aromatic nitrogens is 6. The van der Waals surface area contributed by atoms with E-state index in [-0.39, 0.29) is 5.69 Å². The first kappa shape index (κ1) is 19.5. The number of H-pyrrole nitrogens is 1. The molecule has 2 aromatic heterocycles. The monoisotopic (exact) mass is 402 g/mol. The van der Waals surface area contributed by atoms with Crippen molar-refractivity contribution in [1.82, 2.24) is 30.4 Å². The molecule has 30 heavy (non-hydrogen) atoms. The van der Waals surface area contributed by atoms with Gasteiger partial charge < -0.3 is 5.11 Å². The highest BCUT2D eigenvalue weighted by Crippen LogP contribution is 2.30. The molecule has 0 atom stereocenters. The number of carboxylic acid groups (broad SMARTS) is 1. The molecule has 8 nitrogen and oxygen atoms in total. The molecule has 0 bridgehead atoms. The minimum atomic E-state index is -1.00. The Hall–Kier alpha value is -3.81. The Morgan fingerprint density at radius 3 is 2.47 bits per heavy atom. The van der Waals surface area contributed by atoms with Crippen molar-refractivity contribution < 1.29 is 9.90 Å². The Morgan fingerprint density at radius 2 is 1.83 bits per heavy atom. The van der Waals surface area contributed by atoms with Crippen LogP contribution in [0.5, 0.6) is 0 Å². The quantitative estimate of drug-likeness (QED) is 0.482. The Morgan fingerprint density at radius 1 is 1.10 bits per heavy atom. The van der Waals surface area contributed by atoms with Gasteiger partial charge in [-0.05, 0) is 48.2 Å². The first-order chi connectivity index (χ1) is 14.6. The standard InChI is InChI=1S/C22H22N6O2/c1-3-4-9-19-14(2)20(22(29)30)25-28(19)16-12-10-15(11-13-16)17-7-5-6-8-18(17)21-23-26-27-24-21/h5-8,10-13H,3-4,9H2,1-2H3,(H,29,30)(H,23,24,26,27). The fourth-order valence-electron chi connectivity index (χ4n) is 3.57. The summed E-state index contributed by atoms with van der Waals surface area (Å²) in [6.07, 6.45) is 2.78. The van der Waals surface area contributed by atoms with Crippen LogP contribution in [0, 0.1) is 6.92 Å². The Balaban J connectivity index is 1.74. The van der Waals surface area contributed by atoms with E-state index in [0.29, 0.717) is 5.82 Å². The largest absolute Gasteiger partial charge is 0.476 e. The molecule has 0 aliphatic heterocycles. The van der Waals surface area contributed by atoms with Gasteiger partial charge in [-0.2, -0.15) is 10.3 Å². The van der Waals surface area contributed by atoms with E-state index in [1.807, 2.05) is 55.5 Å². The first-order valence-electron chi connectivity index (χ1n) is 9.85. The number of carbonyl (C=O) groups is 1. The van der Waals surface area contributed by atoms with E-state index in [1.54, 1.807) is 4.68 Å². The molecule has 0 aliphatic rings. The fourth-order valence-corrected chi connectivity index (χ4v) is 3.57. The number of hydrogen-bond acceptors (Lipinski definition) is 5. The average Bonchev–Trinajstić information content (AvgIpc) is 3.41. The number of nitrogens with one attached hydrogen (secondary N) is 1. The van der Waals surface area contributed by atoms with Crippen LogP contribution in [0.3, 0.4) is 0 Å². The minimum absolute atomic E-state index is 0.104. The lowest BCUT2D eigenvalue weighted by atomic mass is 9.99. The smallest absolute Gasteiger partial charge is 0.356 e. The number of rotatable bonds is 7. The maximum Gasteiger partial charge on any atom is 0.356 e. The van der Waals surface area contributed by atoms with Crippen molar-refractivity contribution in [3.8, 4) is 28.2 Å². The molecule has 4 aromatic rings. The van der Waals surface area contributed by atoms with Gasteiger partial charge in [0.15, 0.2) is 5.69 Å². The number of unbranched alkanes of at least 4 members (excludes halogenated alkanes) is 1. The van der Waals surface area contributed by atoms with Gasteiger partial charge in [-0.15, -0.1) is 10.2 Å². The van der Waals surface area contributed by atoms with Crippen molar-refractivity contribution in [2.75, 3.05) is 0 Å². The highest BCUT2D eigenvalue weighted by Gasteiger charge is 2.20. The average molecular weight is 402 g/mol. The molecular weight excluding hydrogens is 380 g/mol. The second-order valence-electron chi connectivity index (χ2n) is 7.07. The maximum absolute atomic E-state index is 11.6. The van der Waals surface area contributed by atoms with Crippen molar-refractivity contribution in [2.45, 2.75) is 33.1 Å². The third-order valence-electron chi connectivity index (χ3n) is 5.15. The molecule has 4 rings (SSSR count). The van der Waals surface area contributed by atoms with E-state index in [9.17, 15) is 9.90 Å². The van der Waals surface area contributed by atoms with Crippen LogP contribution in [0.1, 0.15) is 41.5 Å². The van der Waals surface area contributed by atoms with E-state index in [4.69, 9.17) is 0 Å². The van der Waals surface area contributed by atoms with Gasteiger partial charge >= 0.3 is 5.97 Å². The molecular formula is C22H22N6O2. The van der Waals surface area contributed by atoms with Gasteiger partial charge in [0.2, 0.25) is 5.82 Å². The van der Waals surface area contributed by atoms with E-state index in [0.717, 1.165) is 52.9 Å². The summed E-state index contributed by atoms with van der Waals surface area (Å²) in [4.78, 5) is 11.6. The number of aromatic carboxylic acids is 1. The second kappa shape index (κ2) is 8.28. The summed E-state index contributed by atoms with van der Waals surface area (Å²) in [5.74, 6) is -0.472. The number of benzene rings is 2. The van der Waals surface area contributed by atoms with E-state index >= 15 is 0 Å². The molecule has 0 amide bonds. The summed E-state index contributed by atoms with van der Waals surface area (Å²) in [5, 5.41) is 28.2. The van der Waals surface area contributed by atoms with Crippen LogP contribution in [-0.2, 0) is 6.42 Å². The molecule has 0 spiro atoms. The van der Waals surface area contributed by atoms with Gasteiger partial charge in [0.1, 0.15) is 0 Å². The van der Waals surface area contributed by atoms with Crippen LogP contribution in [0.25, 0.3) is 28.2 Å². The number of carboxylic acids is 1. The molecule has 0 radical (unpaired) electrons. The molecule has 152 valence electrons. The van der Waals surface area contributed by atoms with E-state index in [1.165, 1.54) is 0 Å². The van der Waals surface area contributed by atoms with Gasteiger partial charge in [0, 0.05) is 16.8 Å². The third kappa shape index (κ3) is 3.59. The van der Waals surface area contributed by atoms with Crippen molar-refractivity contribution in [1.29, 1.82) is 0 Å². The SMILES string of the molecule is CCCCc1c(C)c(C(=O)O)nn1-c1ccc(-c2ccccc2-c2nn[nH]n2)cc1. The van der Waals surface area contributed by atoms with E-state index < -0.39 is 5.97 Å². The highest BCUT2D eigenvalue weighted by atomic mass is 16.4. The van der Waals surface area contributed by atoms with Gasteiger partial charge in [0.05, 0.1) is 5.69 Å². The number of hydrogen-bond donors (Lipinski definition) is 2. The third-order valence-corrected chi connectivity index (χ3v) is 5.15. The van der Waals surface area contributed by atoms with Crippen molar-refractivity contribution in [3.05, 3.63) is 65.5 Å². The summed E-state index contributed by atoms with van der Waals surface area (Å²) >= 11 is 0. The van der Waals surface area contributed by atoms with Crippen molar-refractivity contribution in [2.24, 2.45) is 0 Å². The van der Waals surface area contributed by atoms with Crippen LogP contribution >= 0.6 is 0 Å². The first-order valence-corrected chi connectivity index (χ1v) is 9.85. The molecule has 0 aliphatic carbocycles. The second-order valence-corrected chi connectivity index (χ2v) is 7.07. The van der Waals surface area contributed by atoms with Crippen molar-refractivity contribution >= 4 is 5.97 Å². The van der Waals surface area contributed by atoms with Gasteiger partial charge in [-0.3, -0.25) is 0 Å². The van der Waals surface area contributed by atoms with Crippen LogP contribution in [-0.4, -0.2) is 41.5 Å². The predicted octanol–water partition coefficient (Wildman–Crippen LogP) is 4.07. The lowest BCUT2D eigenvalue weighted by molar-refractivity contribution is 0.0689. The molecule has 0 saturated heterocycles. The topological polar surface area (TPSA) is 110 Å². The molecule has 2 aromatic carbocycles. The molecule has 0 fully saturated rings. The zero-order chi connectivity index (χ0) is 21.1. The van der Waals surface area contributed by atoms with Gasteiger partial charge in [-0.25, -0.2) is 9.48 Å². The minimum Gasteiger partial charge on any atom is -0.476 e. The number of aromatic amines is 1. The van der Waals surface area contributed by atoms with Gasteiger partial charge in [0.25, 0.3) is 0 Å². The summed E-state index contributed by atoms with van der Waals surface area (Å²) in [5.41, 5.74) is 5.46. The zero-order valence-corrected chi connectivity index (χ0v) is 16.8. The Labute approximate surface area is 173 Å². The highest BCUT2D eigenvalue weighted by molar-refractivity contribution is 5.87. The molecule has 2 N–H and O–H groups in total. The lowest BCUT2D eigenvalue weighted by Gasteiger charge is -2.11. The predicted molar refractivity (Wildman–Crippen MR) is 112 cm³/mol. The number of tetrazole rings is 1. The molecule has 8 heteroatoms.